The summed E-state index contributed by atoms with van der Waals surface area (Å²) in [6.07, 6.45) is 0.984. The number of hydrogen-bond acceptors (Lipinski definition) is 3. The van der Waals surface area contributed by atoms with E-state index < -0.39 is 6.10 Å². The van der Waals surface area contributed by atoms with Gasteiger partial charge in [0, 0.05) is 6.04 Å². The lowest BCUT2D eigenvalue weighted by molar-refractivity contribution is 0.0521. The summed E-state index contributed by atoms with van der Waals surface area (Å²) in [4.78, 5) is 0. The van der Waals surface area contributed by atoms with E-state index in [1.807, 2.05) is 30.3 Å². The zero-order valence-electron chi connectivity index (χ0n) is 8.37. The summed E-state index contributed by atoms with van der Waals surface area (Å²) in [6.45, 7) is 0. The normalized spacial score (nSPS) is 29.6. The Bertz CT molecular complexity index is 294. The molecule has 15 heavy (non-hydrogen) atoms. The van der Waals surface area contributed by atoms with Crippen LogP contribution in [-0.4, -0.2) is 23.4 Å². The van der Waals surface area contributed by atoms with Crippen molar-refractivity contribution in [2.75, 3.05) is 0 Å². The molecule has 1 aromatic rings. The molecule has 0 bridgehead atoms. The van der Waals surface area contributed by atoms with E-state index in [0.29, 0.717) is 0 Å². The van der Waals surface area contributed by atoms with Crippen LogP contribution in [0.1, 0.15) is 12.8 Å². The highest BCUT2D eigenvalue weighted by Gasteiger charge is 2.33. The second-order valence-corrected chi connectivity index (χ2v) is 3.70. The van der Waals surface area contributed by atoms with Gasteiger partial charge < -0.3 is 15.6 Å². The lowest BCUT2D eigenvalue weighted by atomic mass is 10.2. The van der Waals surface area contributed by atoms with E-state index in [1.54, 1.807) is 0 Å². The summed E-state index contributed by atoms with van der Waals surface area (Å²) in [5.41, 5.74) is 5.69. The fourth-order valence-corrected chi connectivity index (χ4v) is 1.78. The minimum absolute atomic E-state index is 0. The summed E-state index contributed by atoms with van der Waals surface area (Å²) in [5, 5.41) is 9.67. The Morgan fingerprint density at radius 1 is 1.20 bits per heavy atom. The first-order valence-electron chi connectivity index (χ1n) is 4.93. The van der Waals surface area contributed by atoms with E-state index in [9.17, 15) is 5.11 Å². The quantitative estimate of drug-likeness (QED) is 0.805. The molecule has 1 aromatic carbocycles. The first kappa shape index (κ1) is 12.3. The van der Waals surface area contributed by atoms with Crippen molar-refractivity contribution in [2.24, 2.45) is 5.73 Å². The molecule has 0 aliphatic heterocycles. The van der Waals surface area contributed by atoms with Crippen molar-refractivity contribution in [3.05, 3.63) is 30.3 Å². The van der Waals surface area contributed by atoms with Gasteiger partial charge in [0.1, 0.15) is 18.0 Å². The van der Waals surface area contributed by atoms with Gasteiger partial charge in [-0.3, -0.25) is 0 Å². The molecule has 3 atom stereocenters. The Kier molecular flexibility index (Phi) is 4.39. The lowest BCUT2D eigenvalue weighted by Crippen LogP contribution is -2.37. The highest BCUT2D eigenvalue weighted by molar-refractivity contribution is 5.85. The zero-order chi connectivity index (χ0) is 9.97. The Labute approximate surface area is 95.7 Å². The predicted molar refractivity (Wildman–Crippen MR) is 61.3 cm³/mol. The summed E-state index contributed by atoms with van der Waals surface area (Å²) in [5.74, 6) is 0.797. The number of rotatable bonds is 2. The van der Waals surface area contributed by atoms with Crippen molar-refractivity contribution in [2.45, 2.75) is 31.1 Å². The van der Waals surface area contributed by atoms with Crippen molar-refractivity contribution in [3.8, 4) is 5.75 Å². The van der Waals surface area contributed by atoms with Crippen molar-refractivity contribution >= 4 is 12.4 Å². The van der Waals surface area contributed by atoms with Crippen LogP contribution in [0.3, 0.4) is 0 Å². The van der Waals surface area contributed by atoms with E-state index in [1.165, 1.54) is 0 Å². The van der Waals surface area contributed by atoms with Gasteiger partial charge in [-0.1, -0.05) is 18.2 Å². The third-order valence-electron chi connectivity index (χ3n) is 2.63. The number of aliphatic hydroxyl groups excluding tert-OH is 1. The van der Waals surface area contributed by atoms with E-state index in [4.69, 9.17) is 10.5 Å². The summed E-state index contributed by atoms with van der Waals surface area (Å²) in [6, 6.07) is 9.40. The van der Waals surface area contributed by atoms with E-state index in [2.05, 4.69) is 0 Å². The molecule has 0 unspecified atom stereocenters. The number of aliphatic hydroxyl groups is 1. The second kappa shape index (κ2) is 5.35. The molecule has 1 fully saturated rings. The van der Waals surface area contributed by atoms with Gasteiger partial charge in [0.05, 0.1) is 0 Å². The number of para-hydroxylation sites is 1. The molecule has 0 amide bonds. The third kappa shape index (κ3) is 2.84. The van der Waals surface area contributed by atoms with Crippen molar-refractivity contribution in [1.82, 2.24) is 0 Å². The number of hydrogen-bond donors (Lipinski definition) is 2. The van der Waals surface area contributed by atoms with E-state index in [-0.39, 0.29) is 24.6 Å². The third-order valence-corrected chi connectivity index (χ3v) is 2.63. The molecule has 0 aromatic heterocycles. The average molecular weight is 230 g/mol. The van der Waals surface area contributed by atoms with Gasteiger partial charge in [0.25, 0.3) is 0 Å². The van der Waals surface area contributed by atoms with Crippen LogP contribution < -0.4 is 10.5 Å². The maximum atomic E-state index is 9.67. The SMILES string of the molecule is Cl.N[C@@H]1CC[C@@H](Oc2ccccc2)[C@H]1O. The molecule has 0 spiro atoms. The molecule has 84 valence electrons. The highest BCUT2D eigenvalue weighted by Crippen LogP contribution is 2.23. The second-order valence-electron chi connectivity index (χ2n) is 3.70. The molecule has 2 rings (SSSR count). The molecule has 1 aliphatic carbocycles. The van der Waals surface area contributed by atoms with Crippen LogP contribution in [0.15, 0.2) is 30.3 Å². The zero-order valence-corrected chi connectivity index (χ0v) is 9.19. The van der Waals surface area contributed by atoms with Crippen LogP contribution in [0.4, 0.5) is 0 Å². The summed E-state index contributed by atoms with van der Waals surface area (Å²) in [7, 11) is 0. The maximum Gasteiger partial charge on any atom is 0.126 e. The van der Waals surface area contributed by atoms with Gasteiger partial charge in [-0.2, -0.15) is 0 Å². The van der Waals surface area contributed by atoms with E-state index >= 15 is 0 Å². The smallest absolute Gasteiger partial charge is 0.126 e. The number of nitrogens with two attached hydrogens (primary N) is 1. The molecule has 1 saturated carbocycles. The standard InChI is InChI=1S/C11H15NO2.ClH/c12-9-6-7-10(11(9)13)14-8-4-2-1-3-5-8;/h1-5,9-11,13H,6-7,12H2;1H/t9-,10-,11+;/m1./s1. The van der Waals surface area contributed by atoms with Gasteiger partial charge in [-0.15, -0.1) is 12.4 Å². The Morgan fingerprint density at radius 2 is 1.87 bits per heavy atom. The monoisotopic (exact) mass is 229 g/mol. The van der Waals surface area contributed by atoms with Crippen LogP contribution in [-0.2, 0) is 0 Å². The molecular weight excluding hydrogens is 214 g/mol. The fraction of sp³-hybridized carbons (Fsp3) is 0.455. The molecular formula is C11H16ClNO2. The van der Waals surface area contributed by atoms with E-state index in [0.717, 1.165) is 18.6 Å². The number of benzene rings is 1. The Balaban J connectivity index is 0.00000112. The first-order valence-corrected chi connectivity index (χ1v) is 4.93. The molecule has 4 heteroatoms. The molecule has 3 nitrogen and oxygen atoms in total. The van der Waals surface area contributed by atoms with Crippen LogP contribution in [0.5, 0.6) is 5.75 Å². The minimum atomic E-state index is -0.532. The van der Waals surface area contributed by atoms with Gasteiger partial charge in [0.2, 0.25) is 0 Å². The molecule has 3 N–H and O–H groups in total. The highest BCUT2D eigenvalue weighted by atomic mass is 35.5. The van der Waals surface area contributed by atoms with Gasteiger partial charge >= 0.3 is 0 Å². The predicted octanol–water partition coefficient (Wildman–Crippen LogP) is 1.34. The fourth-order valence-electron chi connectivity index (χ4n) is 1.78. The molecule has 0 radical (unpaired) electrons. The van der Waals surface area contributed by atoms with Crippen molar-refractivity contribution in [3.63, 3.8) is 0 Å². The molecule has 0 saturated heterocycles. The molecule has 1 aliphatic rings. The van der Waals surface area contributed by atoms with Crippen LogP contribution in [0, 0.1) is 0 Å². The topological polar surface area (TPSA) is 55.5 Å². The van der Waals surface area contributed by atoms with Gasteiger partial charge in [-0.25, -0.2) is 0 Å². The van der Waals surface area contributed by atoms with Gasteiger partial charge in [-0.05, 0) is 25.0 Å². The van der Waals surface area contributed by atoms with Crippen LogP contribution >= 0.6 is 12.4 Å². The Morgan fingerprint density at radius 3 is 2.40 bits per heavy atom. The summed E-state index contributed by atoms with van der Waals surface area (Å²) >= 11 is 0. The van der Waals surface area contributed by atoms with Crippen LogP contribution in [0.25, 0.3) is 0 Å². The largest absolute Gasteiger partial charge is 0.488 e. The summed E-state index contributed by atoms with van der Waals surface area (Å²) < 4.78 is 5.63. The Hall–Kier alpha value is -0.770. The first-order chi connectivity index (χ1) is 6.77. The maximum absolute atomic E-state index is 9.67. The van der Waals surface area contributed by atoms with Crippen molar-refractivity contribution in [1.29, 1.82) is 0 Å². The number of halogens is 1. The van der Waals surface area contributed by atoms with Crippen molar-refractivity contribution < 1.29 is 9.84 Å². The van der Waals surface area contributed by atoms with Gasteiger partial charge in [0.15, 0.2) is 0 Å². The molecule has 0 heterocycles. The minimum Gasteiger partial charge on any atom is -0.488 e. The average Bonchev–Trinajstić information content (AvgIpc) is 2.52. The van der Waals surface area contributed by atoms with Crippen LogP contribution in [0.2, 0.25) is 0 Å². The lowest BCUT2D eigenvalue weighted by Gasteiger charge is -2.18. The number of ether oxygens (including phenoxy) is 1.